The van der Waals surface area contributed by atoms with Crippen molar-refractivity contribution >= 4 is 26.8 Å². The van der Waals surface area contributed by atoms with Gasteiger partial charge >= 0.3 is 0 Å². The number of hydrogen-bond acceptors (Lipinski definition) is 2. The Morgan fingerprint density at radius 2 is 2.00 bits per heavy atom. The summed E-state index contributed by atoms with van der Waals surface area (Å²) in [6.45, 7) is 0. The van der Waals surface area contributed by atoms with E-state index < -0.39 is 0 Å². The zero-order valence-electron chi connectivity index (χ0n) is 8.13. The van der Waals surface area contributed by atoms with E-state index in [4.69, 9.17) is 0 Å². The van der Waals surface area contributed by atoms with Crippen LogP contribution in [0.4, 0.5) is 0 Å². The molecule has 3 heteroatoms. The van der Waals surface area contributed by atoms with Crippen LogP contribution < -0.4 is 0 Å². The van der Waals surface area contributed by atoms with E-state index in [9.17, 15) is 5.11 Å². The Balaban J connectivity index is 2.44. The highest BCUT2D eigenvalue weighted by Gasteiger charge is 2.19. The van der Waals surface area contributed by atoms with E-state index in [0.717, 1.165) is 34.8 Å². The van der Waals surface area contributed by atoms with Crippen LogP contribution in [0.1, 0.15) is 17.5 Å². The second-order valence-corrected chi connectivity index (χ2v) is 4.82. The van der Waals surface area contributed by atoms with Gasteiger partial charge in [0, 0.05) is 15.4 Å². The molecule has 1 aromatic heterocycles. The first-order valence-electron chi connectivity index (χ1n) is 5.05. The van der Waals surface area contributed by atoms with E-state index in [2.05, 4.69) is 27.0 Å². The quantitative estimate of drug-likeness (QED) is 0.792. The number of rotatable bonds is 0. The fourth-order valence-corrected chi connectivity index (χ4v) is 2.68. The molecule has 15 heavy (non-hydrogen) atoms. The minimum absolute atomic E-state index is 0.220. The van der Waals surface area contributed by atoms with E-state index in [1.165, 1.54) is 10.9 Å². The maximum absolute atomic E-state index is 9.78. The molecule has 0 saturated heterocycles. The van der Waals surface area contributed by atoms with E-state index >= 15 is 0 Å². The smallest absolute Gasteiger partial charge is 0.214 e. The average molecular weight is 264 g/mol. The van der Waals surface area contributed by atoms with Gasteiger partial charge in [-0.05, 0) is 43.0 Å². The van der Waals surface area contributed by atoms with E-state index in [-0.39, 0.29) is 5.88 Å². The van der Waals surface area contributed by atoms with E-state index in [1.54, 1.807) is 0 Å². The Morgan fingerprint density at radius 3 is 2.87 bits per heavy atom. The molecule has 1 aliphatic carbocycles. The number of hydrogen-bond donors (Lipinski definition) is 1. The third kappa shape index (κ3) is 1.34. The molecule has 1 heterocycles. The van der Waals surface area contributed by atoms with Gasteiger partial charge in [0.2, 0.25) is 5.88 Å². The van der Waals surface area contributed by atoms with Crippen molar-refractivity contribution in [2.75, 3.05) is 0 Å². The Hall–Kier alpha value is -1.09. The summed E-state index contributed by atoms with van der Waals surface area (Å²) in [5, 5.41) is 11.0. The van der Waals surface area contributed by atoms with Gasteiger partial charge in [0.15, 0.2) is 0 Å². The number of fused-ring (bicyclic) bond motifs is 3. The van der Waals surface area contributed by atoms with Crippen LogP contribution in [0.2, 0.25) is 0 Å². The van der Waals surface area contributed by atoms with Crippen molar-refractivity contribution in [3.63, 3.8) is 0 Å². The van der Waals surface area contributed by atoms with Crippen molar-refractivity contribution in [2.24, 2.45) is 0 Å². The van der Waals surface area contributed by atoms with Gasteiger partial charge in [-0.2, -0.15) is 0 Å². The normalized spacial score (nSPS) is 14.5. The Morgan fingerprint density at radius 1 is 1.20 bits per heavy atom. The van der Waals surface area contributed by atoms with Gasteiger partial charge in [0.05, 0.1) is 5.52 Å². The predicted molar refractivity (Wildman–Crippen MR) is 63.1 cm³/mol. The lowest BCUT2D eigenvalue weighted by atomic mass is 10.1. The summed E-state index contributed by atoms with van der Waals surface area (Å²) in [6.07, 6.45) is 3.13. The molecule has 0 fully saturated rings. The van der Waals surface area contributed by atoms with Crippen molar-refractivity contribution in [3.05, 3.63) is 33.8 Å². The molecule has 0 atom stereocenters. The minimum Gasteiger partial charge on any atom is -0.493 e. The zero-order valence-corrected chi connectivity index (χ0v) is 9.71. The highest BCUT2D eigenvalue weighted by molar-refractivity contribution is 9.10. The number of aromatic nitrogens is 1. The van der Waals surface area contributed by atoms with Gasteiger partial charge < -0.3 is 5.11 Å². The predicted octanol–water partition coefficient (Wildman–Crippen LogP) is 3.19. The summed E-state index contributed by atoms with van der Waals surface area (Å²) in [5.74, 6) is 0.220. The molecule has 2 nitrogen and oxygen atoms in total. The standard InChI is InChI=1S/C12H10BrNO/c13-7-4-5-11-10(6-7)8-2-1-3-9(8)12(15)14-11/h4-6H,1-3H2,(H,14,15). The van der Waals surface area contributed by atoms with Crippen LogP contribution in [0.15, 0.2) is 22.7 Å². The first kappa shape index (κ1) is 9.16. The molecule has 0 radical (unpaired) electrons. The monoisotopic (exact) mass is 263 g/mol. The third-order valence-electron chi connectivity index (χ3n) is 3.00. The second kappa shape index (κ2) is 3.20. The molecular weight excluding hydrogens is 254 g/mol. The molecule has 0 bridgehead atoms. The third-order valence-corrected chi connectivity index (χ3v) is 3.49. The molecule has 1 N–H and O–H groups in total. The van der Waals surface area contributed by atoms with Crippen LogP contribution in [0.5, 0.6) is 5.88 Å². The number of aromatic hydroxyl groups is 1. The average Bonchev–Trinajstić information content (AvgIpc) is 2.69. The first-order chi connectivity index (χ1) is 7.25. The van der Waals surface area contributed by atoms with Gasteiger partial charge in [0.25, 0.3) is 0 Å². The Labute approximate surface area is 96.1 Å². The number of aryl methyl sites for hydroxylation is 1. The number of nitrogens with zero attached hydrogens (tertiary/aromatic N) is 1. The second-order valence-electron chi connectivity index (χ2n) is 3.91. The first-order valence-corrected chi connectivity index (χ1v) is 5.85. The lowest BCUT2D eigenvalue weighted by Crippen LogP contribution is -1.90. The Kier molecular flexibility index (Phi) is 1.96. The van der Waals surface area contributed by atoms with Crippen molar-refractivity contribution in [3.8, 4) is 5.88 Å². The number of benzene rings is 1. The summed E-state index contributed by atoms with van der Waals surface area (Å²) >= 11 is 3.47. The molecule has 76 valence electrons. The Bertz CT molecular complexity index is 551. The molecule has 0 saturated carbocycles. The molecular formula is C12H10BrNO. The molecule has 0 spiro atoms. The molecule has 2 aromatic rings. The van der Waals surface area contributed by atoms with Gasteiger partial charge in [-0.1, -0.05) is 15.9 Å². The zero-order chi connectivity index (χ0) is 10.4. The number of pyridine rings is 1. The van der Waals surface area contributed by atoms with Crippen LogP contribution in [0, 0.1) is 0 Å². The summed E-state index contributed by atoms with van der Waals surface area (Å²) in [5.41, 5.74) is 3.20. The van der Waals surface area contributed by atoms with Gasteiger partial charge in [0.1, 0.15) is 0 Å². The van der Waals surface area contributed by atoms with Gasteiger partial charge in [-0.15, -0.1) is 0 Å². The fraction of sp³-hybridized carbons (Fsp3) is 0.250. The summed E-state index contributed by atoms with van der Waals surface area (Å²) in [4.78, 5) is 4.22. The fourth-order valence-electron chi connectivity index (χ4n) is 2.32. The van der Waals surface area contributed by atoms with Crippen LogP contribution in [-0.2, 0) is 12.8 Å². The van der Waals surface area contributed by atoms with Crippen molar-refractivity contribution in [1.82, 2.24) is 4.98 Å². The molecule has 0 unspecified atom stereocenters. The SMILES string of the molecule is Oc1nc2ccc(Br)cc2c2c1CCC2. The largest absolute Gasteiger partial charge is 0.493 e. The maximum atomic E-state index is 9.78. The summed E-state index contributed by atoms with van der Waals surface area (Å²) in [6, 6.07) is 5.99. The lowest BCUT2D eigenvalue weighted by molar-refractivity contribution is 0.449. The van der Waals surface area contributed by atoms with E-state index in [0.29, 0.717) is 0 Å². The molecule has 1 aromatic carbocycles. The summed E-state index contributed by atoms with van der Waals surface area (Å²) < 4.78 is 1.07. The summed E-state index contributed by atoms with van der Waals surface area (Å²) in [7, 11) is 0. The van der Waals surface area contributed by atoms with Crippen molar-refractivity contribution in [1.29, 1.82) is 0 Å². The number of halogens is 1. The van der Waals surface area contributed by atoms with E-state index in [1.807, 2.05) is 12.1 Å². The highest BCUT2D eigenvalue weighted by atomic mass is 79.9. The molecule has 3 rings (SSSR count). The molecule has 0 amide bonds. The van der Waals surface area contributed by atoms with Gasteiger partial charge in [-0.25, -0.2) is 4.98 Å². The van der Waals surface area contributed by atoms with Crippen LogP contribution in [0.3, 0.4) is 0 Å². The van der Waals surface area contributed by atoms with Gasteiger partial charge in [-0.3, -0.25) is 0 Å². The molecule has 0 aliphatic heterocycles. The van der Waals surface area contributed by atoms with Crippen LogP contribution in [0.25, 0.3) is 10.9 Å². The van der Waals surface area contributed by atoms with Crippen molar-refractivity contribution in [2.45, 2.75) is 19.3 Å². The lowest BCUT2D eigenvalue weighted by Gasteiger charge is -2.07. The van der Waals surface area contributed by atoms with Crippen LogP contribution >= 0.6 is 15.9 Å². The minimum atomic E-state index is 0.220. The molecule has 1 aliphatic rings. The van der Waals surface area contributed by atoms with Crippen molar-refractivity contribution < 1.29 is 5.11 Å². The maximum Gasteiger partial charge on any atom is 0.214 e. The topological polar surface area (TPSA) is 33.1 Å². The highest BCUT2D eigenvalue weighted by Crippen LogP contribution is 2.35. The van der Waals surface area contributed by atoms with Crippen LogP contribution in [-0.4, -0.2) is 10.1 Å².